The van der Waals surface area contributed by atoms with E-state index in [4.69, 9.17) is 16.1 Å². The largest absolute Gasteiger partial charge is 0.351 e. The van der Waals surface area contributed by atoms with Crippen molar-refractivity contribution in [1.29, 1.82) is 0 Å². The zero-order chi connectivity index (χ0) is 20.8. The molecule has 8 heteroatoms. The predicted molar refractivity (Wildman–Crippen MR) is 110 cm³/mol. The fourth-order valence-corrected chi connectivity index (χ4v) is 2.76. The Labute approximate surface area is 173 Å². The van der Waals surface area contributed by atoms with E-state index in [1.807, 2.05) is 19.9 Å². The van der Waals surface area contributed by atoms with Crippen LogP contribution in [0.5, 0.6) is 0 Å². The fourth-order valence-electron chi connectivity index (χ4n) is 2.64. The molecular formula is C21H21ClN4O3. The summed E-state index contributed by atoms with van der Waals surface area (Å²) in [4.78, 5) is 31.0. The number of carbonyl (C=O) groups excluding carboxylic acids is 2. The van der Waals surface area contributed by atoms with Crippen LogP contribution in [-0.4, -0.2) is 33.4 Å². The zero-order valence-corrected chi connectivity index (χ0v) is 16.9. The summed E-state index contributed by atoms with van der Waals surface area (Å²) in [7, 11) is 0. The van der Waals surface area contributed by atoms with Crippen LogP contribution in [0.15, 0.2) is 59.4 Å². The summed E-state index contributed by atoms with van der Waals surface area (Å²) in [6.45, 7) is 3.96. The van der Waals surface area contributed by atoms with Crippen molar-refractivity contribution in [2.75, 3.05) is 11.9 Å². The molecule has 0 spiro atoms. The van der Waals surface area contributed by atoms with Gasteiger partial charge in [-0.05, 0) is 41.8 Å². The third kappa shape index (κ3) is 5.65. The number of anilines is 1. The first-order chi connectivity index (χ1) is 13.9. The molecule has 2 aromatic heterocycles. The Hall–Kier alpha value is -3.19. The number of benzene rings is 1. The summed E-state index contributed by atoms with van der Waals surface area (Å²) in [5.74, 6) is -0.537. The number of rotatable bonds is 7. The number of carbonyl (C=O) groups is 2. The Morgan fingerprint density at radius 2 is 1.97 bits per heavy atom. The quantitative estimate of drug-likeness (QED) is 0.630. The lowest BCUT2D eigenvalue weighted by atomic mass is 10.1. The molecule has 0 saturated heterocycles. The highest BCUT2D eigenvalue weighted by molar-refractivity contribution is 6.30. The fraction of sp³-hybridized carbons (Fsp3) is 0.238. The van der Waals surface area contributed by atoms with Crippen molar-refractivity contribution in [3.8, 4) is 0 Å². The average molecular weight is 413 g/mol. The van der Waals surface area contributed by atoms with Crippen LogP contribution in [0, 0.1) is 0 Å². The standard InChI is InChI=1S/C21H21ClN4O3/c1-14(2)18-10-19(29-25-18)21(28)26(12-15-4-3-9-23-11-15)13-20(27)24-17-7-5-16(22)6-8-17/h3-11,14H,12-13H2,1-2H3,(H,24,27). The van der Waals surface area contributed by atoms with Crippen LogP contribution >= 0.6 is 11.6 Å². The van der Waals surface area contributed by atoms with Gasteiger partial charge in [-0.25, -0.2) is 0 Å². The molecule has 0 unspecified atom stereocenters. The van der Waals surface area contributed by atoms with Gasteiger partial charge in [-0.15, -0.1) is 0 Å². The van der Waals surface area contributed by atoms with E-state index in [1.54, 1.807) is 48.8 Å². The SMILES string of the molecule is CC(C)c1cc(C(=O)N(CC(=O)Nc2ccc(Cl)cc2)Cc2cccnc2)on1. The number of amides is 2. The molecule has 3 aromatic rings. The lowest BCUT2D eigenvalue weighted by Crippen LogP contribution is -2.37. The molecule has 0 bridgehead atoms. The van der Waals surface area contributed by atoms with Gasteiger partial charge in [0.05, 0.1) is 5.69 Å². The lowest BCUT2D eigenvalue weighted by Gasteiger charge is -2.21. The highest BCUT2D eigenvalue weighted by Crippen LogP contribution is 2.17. The Morgan fingerprint density at radius 1 is 1.21 bits per heavy atom. The topological polar surface area (TPSA) is 88.3 Å². The minimum atomic E-state index is -0.417. The van der Waals surface area contributed by atoms with Crippen molar-refractivity contribution in [2.24, 2.45) is 0 Å². The molecule has 0 radical (unpaired) electrons. The Bertz CT molecular complexity index is 971. The molecule has 0 aliphatic rings. The molecule has 0 fully saturated rings. The summed E-state index contributed by atoms with van der Waals surface area (Å²) in [5, 5.41) is 7.27. The second-order valence-corrected chi connectivity index (χ2v) is 7.28. The maximum absolute atomic E-state index is 13.0. The molecule has 1 aromatic carbocycles. The minimum Gasteiger partial charge on any atom is -0.351 e. The van der Waals surface area contributed by atoms with Crippen molar-refractivity contribution >= 4 is 29.1 Å². The number of hydrogen-bond acceptors (Lipinski definition) is 5. The normalized spacial score (nSPS) is 10.8. The van der Waals surface area contributed by atoms with E-state index >= 15 is 0 Å². The molecular weight excluding hydrogens is 392 g/mol. The van der Waals surface area contributed by atoms with Gasteiger partial charge in [0.25, 0.3) is 5.91 Å². The molecule has 150 valence electrons. The number of nitrogens with one attached hydrogen (secondary N) is 1. The highest BCUT2D eigenvalue weighted by Gasteiger charge is 2.24. The van der Waals surface area contributed by atoms with Crippen LogP contribution in [0.3, 0.4) is 0 Å². The molecule has 0 aliphatic carbocycles. The Morgan fingerprint density at radius 3 is 2.59 bits per heavy atom. The van der Waals surface area contributed by atoms with E-state index in [9.17, 15) is 9.59 Å². The molecule has 2 heterocycles. The van der Waals surface area contributed by atoms with Crippen molar-refractivity contribution in [1.82, 2.24) is 15.0 Å². The van der Waals surface area contributed by atoms with Gasteiger partial charge in [0.1, 0.15) is 6.54 Å². The van der Waals surface area contributed by atoms with Crippen LogP contribution in [0.1, 0.15) is 41.6 Å². The van der Waals surface area contributed by atoms with Crippen molar-refractivity contribution < 1.29 is 14.1 Å². The van der Waals surface area contributed by atoms with Crippen molar-refractivity contribution in [3.05, 3.63) is 76.9 Å². The van der Waals surface area contributed by atoms with E-state index in [1.165, 1.54) is 4.90 Å². The summed E-state index contributed by atoms with van der Waals surface area (Å²) >= 11 is 5.87. The molecule has 0 atom stereocenters. The van der Waals surface area contributed by atoms with E-state index in [0.29, 0.717) is 16.4 Å². The van der Waals surface area contributed by atoms with Gasteiger partial charge in [-0.1, -0.05) is 36.7 Å². The van der Waals surface area contributed by atoms with E-state index in [-0.39, 0.29) is 30.7 Å². The first kappa shape index (κ1) is 20.5. The Kier molecular flexibility index (Phi) is 6.61. The maximum atomic E-state index is 13.0. The number of aromatic nitrogens is 2. The number of hydrogen-bond donors (Lipinski definition) is 1. The second kappa shape index (κ2) is 9.34. The summed E-state index contributed by atoms with van der Waals surface area (Å²) in [6.07, 6.45) is 3.30. The number of nitrogens with zero attached hydrogens (tertiary/aromatic N) is 3. The highest BCUT2D eigenvalue weighted by atomic mass is 35.5. The Balaban J connectivity index is 1.77. The summed E-state index contributed by atoms with van der Waals surface area (Å²) in [5.41, 5.74) is 2.07. The number of halogens is 1. The van der Waals surface area contributed by atoms with Crippen LogP contribution in [0.4, 0.5) is 5.69 Å². The number of pyridine rings is 1. The van der Waals surface area contributed by atoms with Crippen molar-refractivity contribution in [3.63, 3.8) is 0 Å². The molecule has 29 heavy (non-hydrogen) atoms. The van der Waals surface area contributed by atoms with E-state index < -0.39 is 5.91 Å². The molecule has 3 rings (SSSR count). The third-order valence-corrected chi connectivity index (χ3v) is 4.43. The molecule has 1 N–H and O–H groups in total. The molecule has 0 aliphatic heterocycles. The van der Waals surface area contributed by atoms with Crippen LogP contribution in [0.2, 0.25) is 5.02 Å². The maximum Gasteiger partial charge on any atom is 0.293 e. The molecule has 2 amide bonds. The summed E-state index contributed by atoms with van der Waals surface area (Å²) < 4.78 is 5.22. The van der Waals surface area contributed by atoms with Crippen molar-refractivity contribution in [2.45, 2.75) is 26.3 Å². The van der Waals surface area contributed by atoms with Crippen LogP contribution in [-0.2, 0) is 11.3 Å². The zero-order valence-electron chi connectivity index (χ0n) is 16.1. The first-order valence-corrected chi connectivity index (χ1v) is 9.50. The van der Waals surface area contributed by atoms with Gasteiger partial charge in [-0.2, -0.15) is 0 Å². The lowest BCUT2D eigenvalue weighted by molar-refractivity contribution is -0.117. The van der Waals surface area contributed by atoms with Gasteiger partial charge < -0.3 is 14.7 Å². The van der Waals surface area contributed by atoms with E-state index in [0.717, 1.165) is 5.56 Å². The van der Waals surface area contributed by atoms with Gasteiger partial charge in [0.2, 0.25) is 11.7 Å². The molecule has 7 nitrogen and oxygen atoms in total. The minimum absolute atomic E-state index is 0.0943. The summed E-state index contributed by atoms with van der Waals surface area (Å²) in [6, 6.07) is 12.0. The van der Waals surface area contributed by atoms with Crippen LogP contribution < -0.4 is 5.32 Å². The smallest absolute Gasteiger partial charge is 0.293 e. The van der Waals surface area contributed by atoms with E-state index in [2.05, 4.69) is 15.5 Å². The van der Waals surface area contributed by atoms with Gasteiger partial charge in [0, 0.05) is 35.7 Å². The third-order valence-electron chi connectivity index (χ3n) is 4.18. The van der Waals surface area contributed by atoms with Gasteiger partial charge in [-0.3, -0.25) is 14.6 Å². The monoisotopic (exact) mass is 412 g/mol. The van der Waals surface area contributed by atoms with Gasteiger partial charge >= 0.3 is 0 Å². The first-order valence-electron chi connectivity index (χ1n) is 9.12. The second-order valence-electron chi connectivity index (χ2n) is 6.85. The van der Waals surface area contributed by atoms with Crippen LogP contribution in [0.25, 0.3) is 0 Å². The van der Waals surface area contributed by atoms with Gasteiger partial charge in [0.15, 0.2) is 0 Å². The predicted octanol–water partition coefficient (Wildman–Crippen LogP) is 4.13. The average Bonchev–Trinajstić information content (AvgIpc) is 3.20. The molecule has 0 saturated carbocycles.